The molecular weight excluding hydrogens is 338 g/mol. The third-order valence-electron chi connectivity index (χ3n) is 4.51. The van der Waals surface area contributed by atoms with Gasteiger partial charge in [-0.15, -0.1) is 0 Å². The number of hydrogen-bond donors (Lipinski definition) is 1. The Morgan fingerprint density at radius 1 is 1.04 bits per heavy atom. The summed E-state index contributed by atoms with van der Waals surface area (Å²) in [6, 6.07) is 21.0. The van der Waals surface area contributed by atoms with Crippen LogP contribution in [0.4, 0.5) is 0 Å². The number of methoxy groups -OCH3 is 1. The molecule has 0 radical (unpaired) electrons. The third kappa shape index (κ3) is 3.40. The summed E-state index contributed by atoms with van der Waals surface area (Å²) in [5.74, 6) is 0.664. The molecule has 5 heteroatoms. The van der Waals surface area contributed by atoms with Crippen molar-refractivity contribution in [3.8, 4) is 5.75 Å². The Bertz CT molecular complexity index is 954. The van der Waals surface area contributed by atoms with Crippen molar-refractivity contribution >= 4 is 11.6 Å². The maximum absolute atomic E-state index is 13.1. The molecule has 1 atom stereocenters. The number of ether oxygens (including phenoxy) is 1. The van der Waals surface area contributed by atoms with E-state index in [0.717, 1.165) is 22.6 Å². The molecule has 0 fully saturated rings. The van der Waals surface area contributed by atoms with Crippen LogP contribution in [0.5, 0.6) is 5.75 Å². The average molecular weight is 357 g/mol. The van der Waals surface area contributed by atoms with Crippen molar-refractivity contribution < 1.29 is 9.53 Å². The second-order valence-corrected chi connectivity index (χ2v) is 6.19. The molecule has 1 aliphatic heterocycles. The summed E-state index contributed by atoms with van der Waals surface area (Å²) >= 11 is 0. The molecule has 1 aromatic heterocycles. The number of aromatic nitrogens is 1. The van der Waals surface area contributed by atoms with Crippen molar-refractivity contribution in [1.29, 1.82) is 0 Å². The minimum Gasteiger partial charge on any atom is -0.497 e. The molecule has 0 saturated carbocycles. The maximum Gasteiger partial charge on any atom is 0.274 e. The first-order valence-corrected chi connectivity index (χ1v) is 8.68. The topological polar surface area (TPSA) is 54.5 Å². The lowest BCUT2D eigenvalue weighted by molar-refractivity contribution is 0.0672. The molecule has 27 heavy (non-hydrogen) atoms. The fourth-order valence-corrected chi connectivity index (χ4v) is 3.10. The summed E-state index contributed by atoms with van der Waals surface area (Å²) in [4.78, 5) is 17.1. The van der Waals surface area contributed by atoms with E-state index in [1.54, 1.807) is 36.6 Å². The van der Waals surface area contributed by atoms with Gasteiger partial charge in [-0.3, -0.25) is 15.2 Å². The van der Waals surface area contributed by atoms with Gasteiger partial charge in [-0.1, -0.05) is 30.3 Å². The lowest BCUT2D eigenvalue weighted by atomic mass is 10.0. The lowest BCUT2D eigenvalue weighted by Gasteiger charge is -2.25. The van der Waals surface area contributed by atoms with Crippen molar-refractivity contribution in [2.24, 2.45) is 0 Å². The van der Waals surface area contributed by atoms with Gasteiger partial charge in [-0.05, 0) is 53.6 Å². The molecule has 3 aromatic rings. The summed E-state index contributed by atoms with van der Waals surface area (Å²) in [5.41, 5.74) is 6.70. The van der Waals surface area contributed by atoms with E-state index < -0.39 is 0 Å². The second-order valence-electron chi connectivity index (χ2n) is 6.19. The number of carbonyl (C=O) groups is 1. The number of nitrogens with one attached hydrogen (secondary N) is 1. The monoisotopic (exact) mass is 357 g/mol. The zero-order chi connectivity index (χ0) is 18.6. The molecule has 134 valence electrons. The van der Waals surface area contributed by atoms with Gasteiger partial charge in [0, 0.05) is 12.4 Å². The van der Waals surface area contributed by atoms with Gasteiger partial charge in [0.2, 0.25) is 0 Å². The van der Waals surface area contributed by atoms with Crippen LogP contribution >= 0.6 is 0 Å². The van der Waals surface area contributed by atoms with Gasteiger partial charge < -0.3 is 4.74 Å². The molecule has 1 aliphatic rings. The van der Waals surface area contributed by atoms with Crippen LogP contribution in [0.25, 0.3) is 5.70 Å². The van der Waals surface area contributed by atoms with Crippen LogP contribution in [0.1, 0.15) is 27.5 Å². The van der Waals surface area contributed by atoms with Crippen molar-refractivity contribution in [2.45, 2.75) is 6.04 Å². The van der Waals surface area contributed by atoms with E-state index in [4.69, 9.17) is 4.74 Å². The fourth-order valence-electron chi connectivity index (χ4n) is 3.10. The van der Waals surface area contributed by atoms with Gasteiger partial charge >= 0.3 is 0 Å². The smallest absolute Gasteiger partial charge is 0.274 e. The van der Waals surface area contributed by atoms with Gasteiger partial charge in [0.25, 0.3) is 5.91 Å². The Kier molecular flexibility index (Phi) is 4.58. The van der Waals surface area contributed by atoms with E-state index in [0.29, 0.717) is 5.56 Å². The second kappa shape index (κ2) is 7.33. The molecule has 2 aromatic carbocycles. The summed E-state index contributed by atoms with van der Waals surface area (Å²) in [5, 5.41) is 1.64. The predicted molar refractivity (Wildman–Crippen MR) is 104 cm³/mol. The Morgan fingerprint density at radius 3 is 2.48 bits per heavy atom. The Labute approximate surface area is 157 Å². The number of benzene rings is 2. The summed E-state index contributed by atoms with van der Waals surface area (Å²) in [6.07, 6.45) is 5.30. The van der Waals surface area contributed by atoms with E-state index in [1.807, 2.05) is 54.6 Å². The molecule has 1 N–H and O–H groups in total. The first kappa shape index (κ1) is 16.8. The minimum absolute atomic E-state index is 0.128. The van der Waals surface area contributed by atoms with Crippen LogP contribution in [0.2, 0.25) is 0 Å². The number of rotatable bonds is 4. The van der Waals surface area contributed by atoms with Crippen LogP contribution < -0.4 is 10.2 Å². The molecular formula is C22H19N3O2. The molecule has 1 amide bonds. The van der Waals surface area contributed by atoms with Crippen molar-refractivity contribution in [3.63, 3.8) is 0 Å². The highest BCUT2D eigenvalue weighted by Gasteiger charge is 2.31. The van der Waals surface area contributed by atoms with Gasteiger partial charge in [-0.25, -0.2) is 5.01 Å². The van der Waals surface area contributed by atoms with E-state index >= 15 is 0 Å². The van der Waals surface area contributed by atoms with Crippen LogP contribution in [0.3, 0.4) is 0 Å². The van der Waals surface area contributed by atoms with E-state index in [-0.39, 0.29) is 11.9 Å². The SMILES string of the molecule is COc1ccc(C2=C[C@H](c3ccccc3)N(C(=O)c3cccnc3)N2)cc1. The van der Waals surface area contributed by atoms with Gasteiger partial charge in [-0.2, -0.15) is 0 Å². The minimum atomic E-state index is -0.212. The van der Waals surface area contributed by atoms with Crippen LogP contribution in [0.15, 0.2) is 85.2 Å². The van der Waals surface area contributed by atoms with E-state index in [1.165, 1.54) is 0 Å². The van der Waals surface area contributed by atoms with Crippen molar-refractivity contribution in [3.05, 3.63) is 102 Å². The Morgan fingerprint density at radius 2 is 1.81 bits per heavy atom. The number of pyridine rings is 1. The van der Waals surface area contributed by atoms with Crippen LogP contribution in [-0.2, 0) is 0 Å². The number of nitrogens with zero attached hydrogens (tertiary/aromatic N) is 2. The lowest BCUT2D eigenvalue weighted by Crippen LogP contribution is -2.39. The molecule has 2 heterocycles. The normalized spacial score (nSPS) is 15.8. The predicted octanol–water partition coefficient (Wildman–Crippen LogP) is 3.83. The number of hydrazine groups is 1. The standard InChI is InChI=1S/C22H19N3O2/c1-27-19-11-9-16(10-12-19)20-14-21(17-6-3-2-4-7-17)25(24-20)22(26)18-8-5-13-23-15-18/h2-15,21,24H,1H3/t21-/m1/s1. The van der Waals surface area contributed by atoms with Crippen LogP contribution in [0, 0.1) is 0 Å². The zero-order valence-electron chi connectivity index (χ0n) is 14.9. The first-order chi connectivity index (χ1) is 13.3. The van der Waals surface area contributed by atoms with Gasteiger partial charge in [0.05, 0.1) is 24.4 Å². The average Bonchev–Trinajstić information content (AvgIpc) is 3.20. The first-order valence-electron chi connectivity index (χ1n) is 8.68. The summed E-state index contributed by atoms with van der Waals surface area (Å²) in [6.45, 7) is 0. The molecule has 5 nitrogen and oxygen atoms in total. The fraction of sp³-hybridized carbons (Fsp3) is 0.0909. The third-order valence-corrected chi connectivity index (χ3v) is 4.51. The molecule has 0 aliphatic carbocycles. The Hall–Kier alpha value is -3.60. The molecule has 0 bridgehead atoms. The largest absolute Gasteiger partial charge is 0.497 e. The Balaban J connectivity index is 1.69. The number of hydrogen-bond acceptors (Lipinski definition) is 4. The number of carbonyl (C=O) groups excluding carboxylic acids is 1. The highest BCUT2D eigenvalue weighted by molar-refractivity contribution is 5.95. The molecule has 0 unspecified atom stereocenters. The molecule has 4 rings (SSSR count). The van der Waals surface area contributed by atoms with E-state index in [2.05, 4.69) is 16.5 Å². The van der Waals surface area contributed by atoms with Gasteiger partial charge in [0.15, 0.2) is 0 Å². The van der Waals surface area contributed by atoms with Gasteiger partial charge in [0.1, 0.15) is 5.75 Å². The summed E-state index contributed by atoms with van der Waals surface area (Å²) < 4.78 is 5.23. The summed E-state index contributed by atoms with van der Waals surface area (Å²) in [7, 11) is 1.64. The molecule has 0 saturated heterocycles. The van der Waals surface area contributed by atoms with Crippen LogP contribution in [-0.4, -0.2) is 23.0 Å². The highest BCUT2D eigenvalue weighted by Crippen LogP contribution is 2.32. The van der Waals surface area contributed by atoms with Crippen molar-refractivity contribution in [1.82, 2.24) is 15.4 Å². The number of amides is 1. The maximum atomic E-state index is 13.1. The quantitative estimate of drug-likeness (QED) is 0.771. The molecule has 0 spiro atoms. The van der Waals surface area contributed by atoms with Crippen molar-refractivity contribution in [2.75, 3.05) is 7.11 Å². The zero-order valence-corrected chi connectivity index (χ0v) is 14.9. The highest BCUT2D eigenvalue weighted by atomic mass is 16.5. The van der Waals surface area contributed by atoms with E-state index in [9.17, 15) is 4.79 Å².